The molecule has 0 aromatic rings. The van der Waals surface area contributed by atoms with Crippen LogP contribution in [0.1, 0.15) is 0 Å². The fourth-order valence-corrected chi connectivity index (χ4v) is 0.167. The molecular weight excluding hydrogens is 279 g/mol. The van der Waals surface area contributed by atoms with Crippen molar-refractivity contribution in [3.8, 4) is 0 Å². The van der Waals surface area contributed by atoms with Crippen molar-refractivity contribution in [2.24, 2.45) is 0 Å². The standard InChI is InChI=1S/C4H10O2.3ClH.Nb/c1-5-3-4-6-2;;;;/h3-4H2,1-2H3;3*1H;/q;;;;+3/p-3. The van der Waals surface area contributed by atoms with Crippen LogP contribution in [0.4, 0.5) is 0 Å². The fraction of sp³-hybridized carbons (Fsp3) is 1.00. The van der Waals surface area contributed by atoms with E-state index in [1.54, 1.807) is 14.2 Å². The van der Waals surface area contributed by atoms with E-state index >= 15 is 0 Å². The average Bonchev–Trinajstić information content (AvgIpc) is 1.82. The Morgan fingerprint density at radius 3 is 1.30 bits per heavy atom. The van der Waals surface area contributed by atoms with Crippen molar-refractivity contribution in [3.63, 3.8) is 0 Å². The van der Waals surface area contributed by atoms with Gasteiger partial charge in [-0.15, -0.1) is 0 Å². The van der Waals surface area contributed by atoms with Crippen molar-refractivity contribution >= 4 is 27.6 Å². The monoisotopic (exact) mass is 288 g/mol. The van der Waals surface area contributed by atoms with Crippen LogP contribution in [-0.4, -0.2) is 27.4 Å². The molecule has 0 fully saturated rings. The van der Waals surface area contributed by atoms with Gasteiger partial charge in [-0.05, 0) is 0 Å². The number of halogens is 3. The molecule has 0 aliphatic heterocycles. The van der Waals surface area contributed by atoms with Crippen LogP contribution >= 0.6 is 27.6 Å². The Hall–Kier alpha value is 1.53. The molecule has 0 spiro atoms. The Kier molecular flexibility index (Phi) is 18.5. The molecule has 0 aliphatic carbocycles. The van der Waals surface area contributed by atoms with Gasteiger partial charge in [0.25, 0.3) is 0 Å². The summed E-state index contributed by atoms with van der Waals surface area (Å²) in [6.45, 7) is 1.38. The van der Waals surface area contributed by atoms with Gasteiger partial charge < -0.3 is 9.47 Å². The summed E-state index contributed by atoms with van der Waals surface area (Å²) in [7, 11) is 18.3. The van der Waals surface area contributed by atoms with Crippen LogP contribution in [0.15, 0.2) is 0 Å². The third kappa shape index (κ3) is 33.8. The number of methoxy groups -OCH3 is 2. The number of hydrogen-bond acceptors (Lipinski definition) is 2. The molecule has 6 heteroatoms. The van der Waals surface area contributed by atoms with Crippen molar-refractivity contribution in [1.29, 1.82) is 0 Å². The summed E-state index contributed by atoms with van der Waals surface area (Å²) in [6, 6.07) is 0. The molecule has 64 valence electrons. The third-order valence-corrected chi connectivity index (χ3v) is 0.492. The zero-order valence-electron chi connectivity index (χ0n) is 5.81. The molecule has 0 amide bonds. The van der Waals surface area contributed by atoms with E-state index in [2.05, 4.69) is 9.47 Å². The fourth-order valence-electron chi connectivity index (χ4n) is 0.167. The second-order valence-electron chi connectivity index (χ2n) is 1.18. The van der Waals surface area contributed by atoms with Crippen molar-refractivity contribution in [1.82, 2.24) is 0 Å². The second kappa shape index (κ2) is 13.1. The van der Waals surface area contributed by atoms with E-state index in [1.807, 2.05) is 0 Å². The zero-order valence-corrected chi connectivity index (χ0v) is 10.3. The average molecular weight is 289 g/mol. The molecule has 0 aliphatic rings. The Morgan fingerprint density at radius 2 is 1.20 bits per heavy atom. The molecule has 0 aromatic carbocycles. The van der Waals surface area contributed by atoms with E-state index in [9.17, 15) is 0 Å². The summed E-state index contributed by atoms with van der Waals surface area (Å²) in [5.74, 6) is 0. The van der Waals surface area contributed by atoms with Gasteiger partial charge in [0.05, 0.1) is 13.2 Å². The molecular formula is C4H10Cl3NbO2. The first kappa shape index (κ1) is 14.1. The van der Waals surface area contributed by atoms with Gasteiger partial charge in [0.1, 0.15) is 0 Å². The van der Waals surface area contributed by atoms with Crippen LogP contribution in [-0.2, 0) is 24.7 Å². The number of rotatable bonds is 3. The van der Waals surface area contributed by atoms with E-state index in [1.165, 1.54) is 0 Å². The maximum atomic E-state index is 4.99. The first-order chi connectivity index (χ1) is 4.65. The van der Waals surface area contributed by atoms with E-state index in [4.69, 9.17) is 27.6 Å². The summed E-state index contributed by atoms with van der Waals surface area (Å²) in [5, 5.41) is 0. The van der Waals surface area contributed by atoms with Crippen LogP contribution in [0.25, 0.3) is 0 Å². The van der Waals surface area contributed by atoms with Gasteiger partial charge in [0.15, 0.2) is 0 Å². The topological polar surface area (TPSA) is 18.5 Å². The van der Waals surface area contributed by atoms with Crippen LogP contribution in [0.2, 0.25) is 0 Å². The molecule has 0 rings (SSSR count). The third-order valence-electron chi connectivity index (χ3n) is 0.492. The molecule has 0 radical (unpaired) electrons. The van der Waals surface area contributed by atoms with Gasteiger partial charge >= 0.3 is 42.8 Å². The first-order valence-corrected chi connectivity index (χ1v) is 10.9. The summed E-state index contributed by atoms with van der Waals surface area (Å²) < 4.78 is 9.31. The molecule has 0 bridgehead atoms. The van der Waals surface area contributed by atoms with Gasteiger partial charge in [-0.2, -0.15) is 0 Å². The van der Waals surface area contributed by atoms with Crippen molar-refractivity contribution in [2.75, 3.05) is 27.4 Å². The summed E-state index contributed by atoms with van der Waals surface area (Å²) in [6.07, 6.45) is 0. The minimum absolute atomic E-state index is 0.691. The van der Waals surface area contributed by atoms with E-state index in [0.717, 1.165) is 0 Å². The molecule has 10 heavy (non-hydrogen) atoms. The van der Waals surface area contributed by atoms with Gasteiger partial charge in [-0.3, -0.25) is 0 Å². The maximum absolute atomic E-state index is 4.99. The van der Waals surface area contributed by atoms with Gasteiger partial charge in [0, 0.05) is 14.2 Å². The molecule has 0 N–H and O–H groups in total. The summed E-state index contributed by atoms with van der Waals surface area (Å²) in [4.78, 5) is 0. The van der Waals surface area contributed by atoms with E-state index < -0.39 is 15.2 Å². The van der Waals surface area contributed by atoms with Gasteiger partial charge in [-0.1, -0.05) is 0 Å². The predicted octanol–water partition coefficient (Wildman–Crippen LogP) is 2.35. The molecule has 0 unspecified atom stereocenters. The van der Waals surface area contributed by atoms with Gasteiger partial charge in [0.2, 0.25) is 0 Å². The summed E-state index contributed by atoms with van der Waals surface area (Å²) >= 11 is -2.03. The minimum atomic E-state index is -2.03. The predicted molar refractivity (Wildman–Crippen MR) is 41.3 cm³/mol. The van der Waals surface area contributed by atoms with Crippen LogP contribution in [0, 0.1) is 0 Å². The van der Waals surface area contributed by atoms with Crippen molar-refractivity contribution < 1.29 is 24.7 Å². The van der Waals surface area contributed by atoms with Crippen molar-refractivity contribution in [3.05, 3.63) is 0 Å². The second-order valence-corrected chi connectivity index (χ2v) is 11.2. The Balaban J connectivity index is 0. The molecule has 2 nitrogen and oxygen atoms in total. The van der Waals surface area contributed by atoms with Crippen molar-refractivity contribution in [2.45, 2.75) is 0 Å². The van der Waals surface area contributed by atoms with Gasteiger partial charge in [-0.25, -0.2) is 0 Å². The van der Waals surface area contributed by atoms with Crippen LogP contribution < -0.4 is 0 Å². The normalized spacial score (nSPS) is 9.00. The number of hydrogen-bond donors (Lipinski definition) is 0. The first-order valence-electron chi connectivity index (χ1n) is 2.40. The molecule has 0 atom stereocenters. The summed E-state index contributed by atoms with van der Waals surface area (Å²) in [5.41, 5.74) is 0. The Bertz CT molecular complexity index is 49.0. The van der Waals surface area contributed by atoms with E-state index in [0.29, 0.717) is 13.2 Å². The molecule has 0 aromatic heterocycles. The molecule has 0 saturated carbocycles. The molecule has 0 saturated heterocycles. The van der Waals surface area contributed by atoms with E-state index in [-0.39, 0.29) is 0 Å². The number of ether oxygens (including phenoxy) is 2. The molecule has 0 heterocycles. The van der Waals surface area contributed by atoms with Crippen LogP contribution in [0.5, 0.6) is 0 Å². The SMILES string of the molecule is COCCOC.[Cl][Nb]([Cl])[Cl]. The zero-order chi connectivity index (χ0) is 8.41. The Labute approximate surface area is 79.3 Å². The Morgan fingerprint density at radius 1 is 1.00 bits per heavy atom. The quantitative estimate of drug-likeness (QED) is 0.586. The van der Waals surface area contributed by atoms with Crippen LogP contribution in [0.3, 0.4) is 0 Å².